The number of nitrogens with zero attached hydrogens (tertiary/aromatic N) is 1. The molecule has 1 amide bonds. The fourth-order valence-corrected chi connectivity index (χ4v) is 2.39. The fraction of sp³-hybridized carbons (Fsp3) is 0.800. The predicted molar refractivity (Wildman–Crippen MR) is 74.6 cm³/mol. The molecule has 3 heteroatoms. The SMILES string of the molecule is C=CCN(C(=O)OC(C)(C)C)[C@H]1CC[C@H](C)CC1. The van der Waals surface area contributed by atoms with Crippen LogP contribution in [0.4, 0.5) is 4.79 Å². The van der Waals surface area contributed by atoms with E-state index < -0.39 is 5.60 Å². The van der Waals surface area contributed by atoms with Crippen molar-refractivity contribution in [2.24, 2.45) is 5.92 Å². The molecule has 0 unspecified atom stereocenters. The van der Waals surface area contributed by atoms with Gasteiger partial charge in [0, 0.05) is 12.6 Å². The van der Waals surface area contributed by atoms with Crippen molar-refractivity contribution in [3.63, 3.8) is 0 Å². The monoisotopic (exact) mass is 253 g/mol. The van der Waals surface area contributed by atoms with Gasteiger partial charge in [-0.25, -0.2) is 4.79 Å². The summed E-state index contributed by atoms with van der Waals surface area (Å²) in [5.74, 6) is 0.783. The van der Waals surface area contributed by atoms with Crippen LogP contribution in [0.25, 0.3) is 0 Å². The molecule has 1 fully saturated rings. The summed E-state index contributed by atoms with van der Waals surface area (Å²) in [6.45, 7) is 12.3. The van der Waals surface area contributed by atoms with Crippen LogP contribution in [0.15, 0.2) is 12.7 Å². The Labute approximate surface area is 111 Å². The van der Waals surface area contributed by atoms with Gasteiger partial charge >= 0.3 is 6.09 Å². The van der Waals surface area contributed by atoms with Crippen LogP contribution in [0.2, 0.25) is 0 Å². The Morgan fingerprint density at radius 1 is 1.33 bits per heavy atom. The van der Waals surface area contributed by atoms with Gasteiger partial charge in [0.25, 0.3) is 0 Å². The molecule has 0 radical (unpaired) electrons. The third-order valence-corrected chi connectivity index (χ3v) is 3.38. The molecule has 18 heavy (non-hydrogen) atoms. The first kappa shape index (κ1) is 15.1. The summed E-state index contributed by atoms with van der Waals surface area (Å²) in [6, 6.07) is 0.314. The molecule has 1 rings (SSSR count). The van der Waals surface area contributed by atoms with Crippen LogP contribution in [0.3, 0.4) is 0 Å². The van der Waals surface area contributed by atoms with E-state index in [0.29, 0.717) is 12.6 Å². The Bertz CT molecular complexity index is 285. The standard InChI is InChI=1S/C15H27NO2/c1-6-11-16(14(17)18-15(3,4)5)13-9-7-12(2)8-10-13/h6,12-13H,1,7-11H2,2-5H3/t12-,13-. The van der Waals surface area contributed by atoms with Gasteiger partial charge in [-0.2, -0.15) is 0 Å². The van der Waals surface area contributed by atoms with Crippen molar-refractivity contribution < 1.29 is 9.53 Å². The van der Waals surface area contributed by atoms with Crippen LogP contribution in [0.1, 0.15) is 53.4 Å². The van der Waals surface area contributed by atoms with Crippen LogP contribution >= 0.6 is 0 Å². The Hall–Kier alpha value is -0.990. The predicted octanol–water partition coefficient (Wildman–Crippen LogP) is 3.99. The van der Waals surface area contributed by atoms with E-state index in [2.05, 4.69) is 13.5 Å². The lowest BCUT2D eigenvalue weighted by Gasteiger charge is -2.36. The zero-order valence-electron chi connectivity index (χ0n) is 12.2. The molecule has 0 aromatic carbocycles. The number of amides is 1. The molecule has 0 atom stereocenters. The van der Waals surface area contributed by atoms with Crippen molar-refractivity contribution in [3.05, 3.63) is 12.7 Å². The maximum Gasteiger partial charge on any atom is 0.410 e. The Morgan fingerprint density at radius 3 is 2.33 bits per heavy atom. The Kier molecular flexibility index (Phi) is 5.24. The lowest BCUT2D eigenvalue weighted by Crippen LogP contribution is -2.44. The quantitative estimate of drug-likeness (QED) is 0.712. The molecule has 104 valence electrons. The molecule has 0 heterocycles. The molecule has 0 N–H and O–H groups in total. The summed E-state index contributed by atoms with van der Waals surface area (Å²) in [4.78, 5) is 14.0. The average Bonchev–Trinajstić information content (AvgIpc) is 2.25. The van der Waals surface area contributed by atoms with E-state index in [1.807, 2.05) is 25.7 Å². The zero-order valence-corrected chi connectivity index (χ0v) is 12.2. The first-order chi connectivity index (χ1) is 8.33. The summed E-state index contributed by atoms with van der Waals surface area (Å²) < 4.78 is 5.47. The molecule has 0 bridgehead atoms. The average molecular weight is 253 g/mol. The van der Waals surface area contributed by atoms with Crippen molar-refractivity contribution in [1.82, 2.24) is 4.90 Å². The first-order valence-corrected chi connectivity index (χ1v) is 6.94. The minimum Gasteiger partial charge on any atom is -0.444 e. The third kappa shape index (κ3) is 4.71. The minimum atomic E-state index is -0.432. The summed E-state index contributed by atoms with van der Waals surface area (Å²) in [7, 11) is 0. The van der Waals surface area contributed by atoms with E-state index in [1.54, 1.807) is 6.08 Å². The number of carbonyl (C=O) groups is 1. The lowest BCUT2D eigenvalue weighted by atomic mass is 9.86. The molecule has 0 spiro atoms. The first-order valence-electron chi connectivity index (χ1n) is 6.94. The third-order valence-electron chi connectivity index (χ3n) is 3.38. The second-order valence-electron chi connectivity index (χ2n) is 6.34. The van der Waals surface area contributed by atoms with Gasteiger partial charge in [-0.05, 0) is 52.4 Å². The highest BCUT2D eigenvalue weighted by Crippen LogP contribution is 2.28. The van der Waals surface area contributed by atoms with Gasteiger partial charge in [-0.1, -0.05) is 13.0 Å². The molecule has 1 saturated carbocycles. The minimum absolute atomic E-state index is 0.207. The van der Waals surface area contributed by atoms with Gasteiger partial charge in [0.1, 0.15) is 5.60 Å². The second-order valence-corrected chi connectivity index (χ2v) is 6.34. The van der Waals surface area contributed by atoms with E-state index in [1.165, 1.54) is 12.8 Å². The highest BCUT2D eigenvalue weighted by atomic mass is 16.6. The Morgan fingerprint density at radius 2 is 1.89 bits per heavy atom. The van der Waals surface area contributed by atoms with Gasteiger partial charge in [-0.3, -0.25) is 0 Å². The van der Waals surface area contributed by atoms with E-state index in [4.69, 9.17) is 4.74 Å². The van der Waals surface area contributed by atoms with Crippen molar-refractivity contribution in [1.29, 1.82) is 0 Å². The summed E-state index contributed by atoms with van der Waals surface area (Å²) in [6.07, 6.45) is 6.12. The van der Waals surface area contributed by atoms with E-state index >= 15 is 0 Å². The van der Waals surface area contributed by atoms with E-state index in [-0.39, 0.29) is 6.09 Å². The van der Waals surface area contributed by atoms with E-state index in [9.17, 15) is 4.79 Å². The van der Waals surface area contributed by atoms with Crippen LogP contribution in [-0.4, -0.2) is 29.2 Å². The molecular formula is C15H27NO2. The van der Waals surface area contributed by atoms with Crippen molar-refractivity contribution in [2.45, 2.75) is 65.0 Å². The molecule has 0 aliphatic heterocycles. The largest absolute Gasteiger partial charge is 0.444 e. The number of hydrogen-bond donors (Lipinski definition) is 0. The Balaban J connectivity index is 2.64. The second kappa shape index (κ2) is 6.26. The highest BCUT2D eigenvalue weighted by molar-refractivity contribution is 5.68. The van der Waals surface area contributed by atoms with Gasteiger partial charge in [-0.15, -0.1) is 6.58 Å². The maximum absolute atomic E-state index is 12.2. The molecule has 3 nitrogen and oxygen atoms in total. The maximum atomic E-state index is 12.2. The van der Waals surface area contributed by atoms with Crippen molar-refractivity contribution in [3.8, 4) is 0 Å². The summed E-state index contributed by atoms with van der Waals surface area (Å²) >= 11 is 0. The summed E-state index contributed by atoms with van der Waals surface area (Å²) in [5.41, 5.74) is -0.432. The van der Waals surface area contributed by atoms with Gasteiger partial charge in [0.2, 0.25) is 0 Å². The number of carbonyl (C=O) groups excluding carboxylic acids is 1. The number of ether oxygens (including phenoxy) is 1. The van der Waals surface area contributed by atoms with Gasteiger partial charge in [0.05, 0.1) is 0 Å². The molecular weight excluding hydrogens is 226 g/mol. The highest BCUT2D eigenvalue weighted by Gasteiger charge is 2.29. The molecule has 1 aliphatic rings. The van der Waals surface area contributed by atoms with Crippen LogP contribution < -0.4 is 0 Å². The number of rotatable bonds is 3. The van der Waals surface area contributed by atoms with Crippen LogP contribution in [0, 0.1) is 5.92 Å². The molecule has 0 saturated heterocycles. The lowest BCUT2D eigenvalue weighted by molar-refractivity contribution is 0.0137. The van der Waals surface area contributed by atoms with Crippen molar-refractivity contribution >= 4 is 6.09 Å². The van der Waals surface area contributed by atoms with Crippen molar-refractivity contribution in [2.75, 3.05) is 6.54 Å². The number of hydrogen-bond acceptors (Lipinski definition) is 2. The molecule has 0 aromatic heterocycles. The molecule has 1 aliphatic carbocycles. The zero-order chi connectivity index (χ0) is 13.8. The smallest absolute Gasteiger partial charge is 0.410 e. The van der Waals surface area contributed by atoms with Gasteiger partial charge in [0.15, 0.2) is 0 Å². The fourth-order valence-electron chi connectivity index (χ4n) is 2.39. The molecule has 0 aromatic rings. The summed E-state index contributed by atoms with van der Waals surface area (Å²) in [5, 5.41) is 0. The van der Waals surface area contributed by atoms with E-state index in [0.717, 1.165) is 18.8 Å². The topological polar surface area (TPSA) is 29.5 Å². The van der Waals surface area contributed by atoms with Gasteiger partial charge < -0.3 is 9.64 Å². The van der Waals surface area contributed by atoms with Crippen LogP contribution in [0.5, 0.6) is 0 Å². The normalized spacial score (nSPS) is 24.4. The van der Waals surface area contributed by atoms with Crippen LogP contribution in [-0.2, 0) is 4.74 Å².